The van der Waals surface area contributed by atoms with E-state index in [1.54, 1.807) is 6.20 Å². The van der Waals surface area contributed by atoms with E-state index in [1.165, 1.54) is 0 Å². The first-order chi connectivity index (χ1) is 14.2. The van der Waals surface area contributed by atoms with Gasteiger partial charge in [-0.2, -0.15) is 0 Å². The average Bonchev–Trinajstić information content (AvgIpc) is 3.30. The fourth-order valence-corrected chi connectivity index (χ4v) is 4.07. The highest BCUT2D eigenvalue weighted by Crippen LogP contribution is 2.31. The first kappa shape index (κ1) is 20.1. The van der Waals surface area contributed by atoms with Crippen molar-refractivity contribution in [3.63, 3.8) is 0 Å². The van der Waals surface area contributed by atoms with Gasteiger partial charge in [0.25, 0.3) is 0 Å². The zero-order valence-corrected chi connectivity index (χ0v) is 17.2. The summed E-state index contributed by atoms with van der Waals surface area (Å²) >= 11 is 6.42. The molecule has 0 unspecified atom stereocenters. The van der Waals surface area contributed by atoms with Gasteiger partial charge in [-0.1, -0.05) is 23.7 Å². The van der Waals surface area contributed by atoms with Crippen molar-refractivity contribution in [3.8, 4) is 11.1 Å². The van der Waals surface area contributed by atoms with Crippen LogP contribution in [0.2, 0.25) is 5.02 Å². The topological polar surface area (TPSA) is 75.3 Å². The summed E-state index contributed by atoms with van der Waals surface area (Å²) in [5, 5.41) is 10.2. The van der Waals surface area contributed by atoms with Crippen molar-refractivity contribution in [1.82, 2.24) is 10.3 Å². The molecular formula is C22H27ClN4O2. The molecule has 2 aliphatic rings. The summed E-state index contributed by atoms with van der Waals surface area (Å²) in [5.41, 5.74) is 2.90. The summed E-state index contributed by atoms with van der Waals surface area (Å²) < 4.78 is 5.43. The zero-order chi connectivity index (χ0) is 20.1. The second-order valence-electron chi connectivity index (χ2n) is 7.71. The van der Waals surface area contributed by atoms with Gasteiger partial charge in [0, 0.05) is 37.2 Å². The maximum atomic E-state index is 12.4. The van der Waals surface area contributed by atoms with Crippen molar-refractivity contribution < 1.29 is 9.53 Å². The third kappa shape index (κ3) is 5.26. The molecule has 2 aliphatic heterocycles. The van der Waals surface area contributed by atoms with E-state index in [1.807, 2.05) is 18.2 Å². The molecule has 2 aromatic rings. The molecule has 0 bridgehead atoms. The molecule has 154 valence electrons. The monoisotopic (exact) mass is 414 g/mol. The van der Waals surface area contributed by atoms with Crippen LogP contribution >= 0.6 is 11.6 Å². The molecule has 3 heterocycles. The number of nitrogens with one attached hydrogen (secondary N) is 3. The predicted octanol–water partition coefficient (Wildman–Crippen LogP) is 3.93. The fraction of sp³-hybridized carbons (Fsp3) is 0.455. The Morgan fingerprint density at radius 2 is 2.10 bits per heavy atom. The number of hydrogen-bond donors (Lipinski definition) is 3. The highest BCUT2D eigenvalue weighted by atomic mass is 35.5. The molecule has 1 aromatic heterocycles. The molecule has 3 N–H and O–H groups in total. The van der Waals surface area contributed by atoms with Gasteiger partial charge < -0.3 is 20.7 Å². The molecule has 1 aromatic carbocycles. The maximum absolute atomic E-state index is 12.4. The number of halogens is 1. The highest BCUT2D eigenvalue weighted by molar-refractivity contribution is 6.33. The smallest absolute Gasteiger partial charge is 0.242 e. The van der Waals surface area contributed by atoms with Gasteiger partial charge in [-0.05, 0) is 61.9 Å². The molecule has 2 saturated heterocycles. The summed E-state index contributed by atoms with van der Waals surface area (Å²) in [5.74, 6) is 1.11. The molecule has 0 saturated carbocycles. The lowest BCUT2D eigenvalue weighted by atomic mass is 10.00. The van der Waals surface area contributed by atoms with Crippen molar-refractivity contribution >= 4 is 29.0 Å². The number of carbonyl (C=O) groups excluding carboxylic acids is 1. The van der Waals surface area contributed by atoms with E-state index >= 15 is 0 Å². The van der Waals surface area contributed by atoms with E-state index in [0.717, 1.165) is 68.8 Å². The third-order valence-electron chi connectivity index (χ3n) is 5.59. The second kappa shape index (κ2) is 9.57. The molecule has 0 radical (unpaired) electrons. The van der Waals surface area contributed by atoms with Gasteiger partial charge in [0.05, 0.1) is 11.1 Å². The van der Waals surface area contributed by atoms with Gasteiger partial charge in [0.15, 0.2) is 0 Å². The minimum atomic E-state index is -0.145. The van der Waals surface area contributed by atoms with Crippen LogP contribution in [-0.2, 0) is 9.53 Å². The Balaban J connectivity index is 1.46. The third-order valence-corrected chi connectivity index (χ3v) is 5.89. The number of anilines is 2. The molecule has 1 amide bonds. The number of aromatic nitrogens is 1. The van der Waals surface area contributed by atoms with Gasteiger partial charge in [-0.3, -0.25) is 4.79 Å². The van der Waals surface area contributed by atoms with Gasteiger partial charge in [0.1, 0.15) is 5.82 Å². The standard InChI is InChI=1S/C22H27ClN4O2/c23-19-14-26-21(27-22(28)20-5-2-8-24-20)12-18(19)16-3-1-4-17(11-16)25-13-15-6-9-29-10-7-15/h1,3-4,11-12,14-15,20,24-25H,2,5-10,13H2,(H,26,27,28)/t20-/m0/s1. The van der Waals surface area contributed by atoms with E-state index in [2.05, 4.69) is 33.1 Å². The Labute approximate surface area is 176 Å². The Bertz CT molecular complexity index is 848. The van der Waals surface area contributed by atoms with E-state index in [-0.39, 0.29) is 11.9 Å². The minimum Gasteiger partial charge on any atom is -0.385 e. The van der Waals surface area contributed by atoms with Crippen molar-refractivity contribution in [2.45, 2.75) is 31.7 Å². The molecule has 4 rings (SSSR count). The molecule has 7 heteroatoms. The Hall–Kier alpha value is -2.15. The van der Waals surface area contributed by atoms with Crippen LogP contribution in [0.4, 0.5) is 11.5 Å². The van der Waals surface area contributed by atoms with Crippen LogP contribution in [-0.4, -0.2) is 43.2 Å². The minimum absolute atomic E-state index is 0.0462. The van der Waals surface area contributed by atoms with Crippen LogP contribution in [0, 0.1) is 5.92 Å². The fourth-order valence-electron chi connectivity index (χ4n) is 3.86. The summed E-state index contributed by atoms with van der Waals surface area (Å²) in [4.78, 5) is 16.6. The predicted molar refractivity (Wildman–Crippen MR) is 116 cm³/mol. The summed E-state index contributed by atoms with van der Waals surface area (Å²) in [6.07, 6.45) is 5.67. The summed E-state index contributed by atoms with van der Waals surface area (Å²) in [6.45, 7) is 3.52. The maximum Gasteiger partial charge on any atom is 0.242 e. The van der Waals surface area contributed by atoms with Crippen molar-refractivity contribution in [1.29, 1.82) is 0 Å². The van der Waals surface area contributed by atoms with Crippen molar-refractivity contribution in [2.24, 2.45) is 5.92 Å². The molecule has 6 nitrogen and oxygen atoms in total. The van der Waals surface area contributed by atoms with Gasteiger partial charge >= 0.3 is 0 Å². The molecular weight excluding hydrogens is 388 g/mol. The number of ether oxygens (including phenoxy) is 1. The lowest BCUT2D eigenvalue weighted by Gasteiger charge is -2.22. The molecule has 0 spiro atoms. The number of amides is 1. The average molecular weight is 415 g/mol. The Kier molecular flexibility index (Phi) is 6.64. The van der Waals surface area contributed by atoms with E-state index < -0.39 is 0 Å². The number of benzene rings is 1. The largest absolute Gasteiger partial charge is 0.385 e. The molecule has 29 heavy (non-hydrogen) atoms. The highest BCUT2D eigenvalue weighted by Gasteiger charge is 2.22. The van der Waals surface area contributed by atoms with Gasteiger partial charge in [-0.25, -0.2) is 4.98 Å². The van der Waals surface area contributed by atoms with E-state index in [4.69, 9.17) is 16.3 Å². The lowest BCUT2D eigenvalue weighted by molar-refractivity contribution is -0.117. The van der Waals surface area contributed by atoms with Crippen LogP contribution in [0.25, 0.3) is 11.1 Å². The van der Waals surface area contributed by atoms with Crippen LogP contribution < -0.4 is 16.0 Å². The van der Waals surface area contributed by atoms with E-state index in [0.29, 0.717) is 16.8 Å². The zero-order valence-electron chi connectivity index (χ0n) is 16.4. The van der Waals surface area contributed by atoms with Crippen LogP contribution in [0.1, 0.15) is 25.7 Å². The number of pyridine rings is 1. The summed E-state index contributed by atoms with van der Waals surface area (Å²) in [7, 11) is 0. The lowest BCUT2D eigenvalue weighted by Crippen LogP contribution is -2.35. The first-order valence-electron chi connectivity index (χ1n) is 10.3. The van der Waals surface area contributed by atoms with Gasteiger partial charge in [0.2, 0.25) is 5.91 Å². The number of nitrogens with zero attached hydrogens (tertiary/aromatic N) is 1. The Morgan fingerprint density at radius 1 is 1.24 bits per heavy atom. The van der Waals surface area contributed by atoms with Crippen LogP contribution in [0.15, 0.2) is 36.5 Å². The molecule has 0 aliphatic carbocycles. The SMILES string of the molecule is O=C(Nc1cc(-c2cccc(NCC3CCOCC3)c2)c(Cl)cn1)[C@@H]1CCCN1. The van der Waals surface area contributed by atoms with Crippen LogP contribution in [0.3, 0.4) is 0 Å². The van der Waals surface area contributed by atoms with Gasteiger partial charge in [-0.15, -0.1) is 0 Å². The van der Waals surface area contributed by atoms with Crippen molar-refractivity contribution in [3.05, 3.63) is 41.6 Å². The number of carbonyl (C=O) groups is 1. The quantitative estimate of drug-likeness (QED) is 0.667. The Morgan fingerprint density at radius 3 is 2.90 bits per heavy atom. The second-order valence-corrected chi connectivity index (χ2v) is 8.11. The van der Waals surface area contributed by atoms with Crippen LogP contribution in [0.5, 0.6) is 0 Å². The summed E-state index contributed by atoms with van der Waals surface area (Å²) in [6, 6.07) is 9.88. The number of rotatable bonds is 6. The first-order valence-corrected chi connectivity index (χ1v) is 10.7. The van der Waals surface area contributed by atoms with E-state index in [9.17, 15) is 4.79 Å². The molecule has 1 atom stereocenters. The normalized spacial score (nSPS) is 19.8. The number of hydrogen-bond acceptors (Lipinski definition) is 5. The van der Waals surface area contributed by atoms with Crippen molar-refractivity contribution in [2.75, 3.05) is 36.9 Å². The molecule has 2 fully saturated rings.